The third-order valence-electron chi connectivity index (χ3n) is 5.04. The summed E-state index contributed by atoms with van der Waals surface area (Å²) in [6.07, 6.45) is 3.69. The molecule has 0 amide bonds. The molecule has 0 spiro atoms. The monoisotopic (exact) mass is 367 g/mol. The molecule has 1 fully saturated rings. The van der Waals surface area contributed by atoms with Crippen molar-refractivity contribution in [3.8, 4) is 0 Å². The number of aryl methyl sites for hydroxylation is 1. The van der Waals surface area contributed by atoms with Gasteiger partial charge in [-0.25, -0.2) is 4.98 Å². The van der Waals surface area contributed by atoms with E-state index in [9.17, 15) is 0 Å². The number of piperazine rings is 1. The summed E-state index contributed by atoms with van der Waals surface area (Å²) in [5.41, 5.74) is 4.68. The van der Waals surface area contributed by atoms with Crippen molar-refractivity contribution >= 4 is 17.3 Å². The van der Waals surface area contributed by atoms with Gasteiger partial charge in [0.2, 0.25) is 0 Å². The van der Waals surface area contributed by atoms with Gasteiger partial charge in [0.25, 0.3) is 0 Å². The van der Waals surface area contributed by atoms with Crippen molar-refractivity contribution in [2.45, 2.75) is 13.0 Å². The van der Waals surface area contributed by atoms with Crippen molar-refractivity contribution in [1.82, 2.24) is 20.1 Å². The topological polar surface area (TPSA) is 48.1 Å². The number of anilines is 1. The van der Waals surface area contributed by atoms with Crippen molar-refractivity contribution in [3.63, 3.8) is 0 Å². The summed E-state index contributed by atoms with van der Waals surface area (Å²) < 4.78 is 0. The van der Waals surface area contributed by atoms with Crippen molar-refractivity contribution < 1.29 is 0 Å². The number of hydrogen-bond acceptors (Lipinski definition) is 4. The smallest absolute Gasteiger partial charge is 0.152 e. The fourth-order valence-electron chi connectivity index (χ4n) is 3.69. The number of pyridine rings is 1. The van der Waals surface area contributed by atoms with Crippen LogP contribution in [-0.2, 0) is 0 Å². The fraction of sp³-hybridized carbons (Fsp3) is 0.300. The highest BCUT2D eigenvalue weighted by Crippen LogP contribution is 2.32. The molecule has 0 aliphatic carbocycles. The van der Waals surface area contributed by atoms with Crippen molar-refractivity contribution in [2.24, 2.45) is 0 Å². The molecule has 26 heavy (non-hydrogen) atoms. The van der Waals surface area contributed by atoms with Crippen LogP contribution in [0.25, 0.3) is 0 Å². The van der Waals surface area contributed by atoms with Crippen LogP contribution in [0.1, 0.15) is 22.9 Å². The van der Waals surface area contributed by atoms with Gasteiger partial charge in [-0.3, -0.25) is 10.00 Å². The number of nitrogens with one attached hydrogen (secondary N) is 1. The van der Waals surface area contributed by atoms with Crippen LogP contribution in [0.3, 0.4) is 0 Å². The molecule has 1 atom stereocenters. The third-order valence-corrected chi connectivity index (χ3v) is 5.33. The molecule has 134 valence electrons. The molecule has 3 aromatic rings. The van der Waals surface area contributed by atoms with E-state index >= 15 is 0 Å². The van der Waals surface area contributed by atoms with Crippen LogP contribution in [0.2, 0.25) is 5.15 Å². The fourth-order valence-corrected chi connectivity index (χ4v) is 3.93. The zero-order valence-electron chi connectivity index (χ0n) is 14.8. The lowest BCUT2D eigenvalue weighted by Crippen LogP contribution is -2.48. The number of benzene rings is 1. The predicted molar refractivity (Wildman–Crippen MR) is 105 cm³/mol. The van der Waals surface area contributed by atoms with E-state index in [1.54, 1.807) is 6.20 Å². The molecule has 1 aliphatic rings. The van der Waals surface area contributed by atoms with Crippen molar-refractivity contribution in [1.29, 1.82) is 0 Å². The first kappa shape index (κ1) is 17.1. The minimum absolute atomic E-state index is 0.210. The molecule has 0 radical (unpaired) electrons. The number of rotatable bonds is 4. The summed E-state index contributed by atoms with van der Waals surface area (Å²) in [7, 11) is 0. The molecule has 2 aromatic heterocycles. The molecular formula is C20H22ClN5. The normalized spacial score (nSPS) is 16.6. The second kappa shape index (κ2) is 7.48. The van der Waals surface area contributed by atoms with E-state index in [4.69, 9.17) is 11.6 Å². The highest BCUT2D eigenvalue weighted by molar-refractivity contribution is 6.32. The first-order valence-corrected chi connectivity index (χ1v) is 9.26. The highest BCUT2D eigenvalue weighted by Gasteiger charge is 2.28. The van der Waals surface area contributed by atoms with E-state index in [1.165, 1.54) is 11.1 Å². The van der Waals surface area contributed by atoms with Crippen LogP contribution in [0.4, 0.5) is 5.69 Å². The first-order valence-electron chi connectivity index (χ1n) is 8.88. The Hall–Kier alpha value is -2.37. The van der Waals surface area contributed by atoms with E-state index in [1.807, 2.05) is 18.3 Å². The zero-order chi connectivity index (χ0) is 17.9. The molecule has 4 rings (SSSR count). The highest BCUT2D eigenvalue weighted by atomic mass is 35.5. The molecule has 1 unspecified atom stereocenters. The van der Waals surface area contributed by atoms with Gasteiger partial charge >= 0.3 is 0 Å². The first-order chi connectivity index (χ1) is 12.7. The zero-order valence-corrected chi connectivity index (χ0v) is 15.5. The van der Waals surface area contributed by atoms with Gasteiger partial charge in [0.05, 0.1) is 17.9 Å². The van der Waals surface area contributed by atoms with Gasteiger partial charge in [-0.05, 0) is 24.6 Å². The average Bonchev–Trinajstić information content (AvgIpc) is 3.10. The van der Waals surface area contributed by atoms with E-state index in [0.29, 0.717) is 5.15 Å². The Bertz CT molecular complexity index is 855. The summed E-state index contributed by atoms with van der Waals surface area (Å²) >= 11 is 6.28. The SMILES string of the molecule is Cc1[nH]ncc1C(c1ccccc1)N1CCN(c2cccnc2Cl)CC1. The van der Waals surface area contributed by atoms with Crippen LogP contribution < -0.4 is 4.90 Å². The Morgan fingerprint density at radius 2 is 1.81 bits per heavy atom. The molecular weight excluding hydrogens is 346 g/mol. The van der Waals surface area contributed by atoms with Gasteiger partial charge in [-0.2, -0.15) is 5.10 Å². The van der Waals surface area contributed by atoms with E-state index in [2.05, 4.69) is 62.2 Å². The second-order valence-electron chi connectivity index (χ2n) is 6.60. The minimum Gasteiger partial charge on any atom is -0.366 e. The Morgan fingerprint density at radius 3 is 2.46 bits per heavy atom. The van der Waals surface area contributed by atoms with Crippen molar-refractivity contribution in [3.05, 3.63) is 76.8 Å². The molecule has 6 heteroatoms. The lowest BCUT2D eigenvalue weighted by Gasteiger charge is -2.40. The lowest BCUT2D eigenvalue weighted by atomic mass is 9.97. The Labute approximate surface area is 158 Å². The minimum atomic E-state index is 0.210. The molecule has 1 N–H and O–H groups in total. The van der Waals surface area contributed by atoms with Crippen LogP contribution in [-0.4, -0.2) is 46.3 Å². The third kappa shape index (κ3) is 3.32. The number of halogens is 1. The lowest BCUT2D eigenvalue weighted by molar-refractivity contribution is 0.212. The van der Waals surface area contributed by atoms with Crippen molar-refractivity contribution in [2.75, 3.05) is 31.1 Å². The molecule has 1 saturated heterocycles. The van der Waals surface area contributed by atoms with Crippen LogP contribution in [0, 0.1) is 6.92 Å². The van der Waals surface area contributed by atoms with E-state index in [0.717, 1.165) is 37.6 Å². The van der Waals surface area contributed by atoms with E-state index in [-0.39, 0.29) is 6.04 Å². The van der Waals surface area contributed by atoms with Crippen LogP contribution in [0.15, 0.2) is 54.9 Å². The second-order valence-corrected chi connectivity index (χ2v) is 6.96. The Morgan fingerprint density at radius 1 is 1.04 bits per heavy atom. The average molecular weight is 368 g/mol. The molecule has 1 aromatic carbocycles. The van der Waals surface area contributed by atoms with Gasteiger partial charge < -0.3 is 4.90 Å². The summed E-state index contributed by atoms with van der Waals surface area (Å²) in [6, 6.07) is 14.8. The Balaban J connectivity index is 1.57. The summed E-state index contributed by atoms with van der Waals surface area (Å²) in [6.45, 7) is 5.84. The molecule has 0 saturated carbocycles. The maximum absolute atomic E-state index is 6.28. The molecule has 3 heterocycles. The number of aromatic amines is 1. The summed E-state index contributed by atoms with van der Waals surface area (Å²) in [4.78, 5) is 9.04. The summed E-state index contributed by atoms with van der Waals surface area (Å²) in [5, 5.41) is 7.91. The Kier molecular flexibility index (Phi) is 4.91. The van der Waals surface area contributed by atoms with Crippen LogP contribution in [0.5, 0.6) is 0 Å². The van der Waals surface area contributed by atoms with E-state index < -0.39 is 0 Å². The summed E-state index contributed by atoms with van der Waals surface area (Å²) in [5.74, 6) is 0. The van der Waals surface area contributed by atoms with Gasteiger partial charge in [0.15, 0.2) is 5.15 Å². The largest absolute Gasteiger partial charge is 0.366 e. The van der Waals surface area contributed by atoms with Gasteiger partial charge in [-0.15, -0.1) is 0 Å². The standard InChI is InChI=1S/C20H22ClN5/c1-15-17(14-23-24-15)19(16-6-3-2-4-7-16)26-12-10-25(11-13-26)18-8-5-9-22-20(18)21/h2-9,14,19H,10-13H2,1H3,(H,23,24). The number of H-pyrrole nitrogens is 1. The van der Waals surface area contributed by atoms with Gasteiger partial charge in [-0.1, -0.05) is 41.9 Å². The van der Waals surface area contributed by atoms with Gasteiger partial charge in [0, 0.05) is 43.6 Å². The molecule has 5 nitrogen and oxygen atoms in total. The van der Waals surface area contributed by atoms with Crippen LogP contribution >= 0.6 is 11.6 Å². The quantitative estimate of drug-likeness (QED) is 0.714. The number of nitrogens with zero attached hydrogens (tertiary/aromatic N) is 4. The number of hydrogen-bond donors (Lipinski definition) is 1. The van der Waals surface area contributed by atoms with Gasteiger partial charge in [0.1, 0.15) is 0 Å². The molecule has 0 bridgehead atoms. The maximum Gasteiger partial charge on any atom is 0.152 e. The number of aromatic nitrogens is 3. The predicted octanol–water partition coefficient (Wildman–Crippen LogP) is 3.68. The molecule has 1 aliphatic heterocycles. The maximum atomic E-state index is 6.28.